The Morgan fingerprint density at radius 2 is 2.17 bits per heavy atom. The molecular weight excluding hydrogens is 224 g/mol. The first-order valence-corrected chi connectivity index (χ1v) is 6.67. The fourth-order valence-electron chi connectivity index (χ4n) is 1.88. The number of hydrogen-bond donors (Lipinski definition) is 2. The van der Waals surface area contributed by atoms with E-state index < -0.39 is 0 Å². The smallest absolute Gasteiger partial charge is 0.233 e. The highest BCUT2D eigenvalue weighted by Gasteiger charge is 2.05. The highest BCUT2D eigenvalue weighted by Crippen LogP contribution is 2.07. The van der Waals surface area contributed by atoms with Crippen LogP contribution in [0.3, 0.4) is 0 Å². The van der Waals surface area contributed by atoms with Crippen LogP contribution in [-0.4, -0.2) is 25.0 Å². The van der Waals surface area contributed by atoms with Gasteiger partial charge in [-0.25, -0.2) is 0 Å². The molecule has 100 valence electrons. The van der Waals surface area contributed by atoms with Crippen LogP contribution >= 0.6 is 0 Å². The summed E-state index contributed by atoms with van der Waals surface area (Å²) in [6.07, 6.45) is 2.09. The summed E-state index contributed by atoms with van der Waals surface area (Å²) in [6.45, 7) is 7.26. The zero-order valence-electron chi connectivity index (χ0n) is 11.6. The van der Waals surface area contributed by atoms with Crippen molar-refractivity contribution in [3.05, 3.63) is 35.4 Å². The molecule has 0 aliphatic carbocycles. The standard InChI is InChI=1S/C15H24N2O/c1-4-16-15(18)11-17-13(3)8-9-14-7-5-6-12(2)10-14/h5-7,10,13,17H,4,8-9,11H2,1-3H3,(H,16,18). The van der Waals surface area contributed by atoms with Gasteiger partial charge < -0.3 is 10.6 Å². The van der Waals surface area contributed by atoms with Crippen LogP contribution in [0.25, 0.3) is 0 Å². The molecule has 1 aromatic carbocycles. The van der Waals surface area contributed by atoms with Gasteiger partial charge in [0.15, 0.2) is 0 Å². The van der Waals surface area contributed by atoms with Crippen molar-refractivity contribution in [1.82, 2.24) is 10.6 Å². The van der Waals surface area contributed by atoms with Crippen LogP contribution in [0, 0.1) is 6.92 Å². The van der Waals surface area contributed by atoms with Gasteiger partial charge in [-0.1, -0.05) is 29.8 Å². The lowest BCUT2D eigenvalue weighted by Crippen LogP contribution is -2.38. The molecule has 0 aliphatic rings. The Kier molecular flexibility index (Phi) is 6.44. The van der Waals surface area contributed by atoms with E-state index in [1.165, 1.54) is 11.1 Å². The normalized spacial score (nSPS) is 12.2. The molecule has 18 heavy (non-hydrogen) atoms. The molecule has 0 radical (unpaired) electrons. The van der Waals surface area contributed by atoms with E-state index in [0.717, 1.165) is 12.8 Å². The number of benzene rings is 1. The number of nitrogens with one attached hydrogen (secondary N) is 2. The molecule has 0 aromatic heterocycles. The van der Waals surface area contributed by atoms with Crippen molar-refractivity contribution in [1.29, 1.82) is 0 Å². The Morgan fingerprint density at radius 1 is 1.39 bits per heavy atom. The van der Waals surface area contributed by atoms with Crippen molar-refractivity contribution < 1.29 is 4.79 Å². The summed E-state index contributed by atoms with van der Waals surface area (Å²) in [6, 6.07) is 8.94. The van der Waals surface area contributed by atoms with Crippen LogP contribution in [-0.2, 0) is 11.2 Å². The van der Waals surface area contributed by atoms with Gasteiger partial charge in [0.1, 0.15) is 0 Å². The van der Waals surface area contributed by atoms with Crippen molar-refractivity contribution in [2.24, 2.45) is 0 Å². The van der Waals surface area contributed by atoms with Crippen LogP contribution in [0.5, 0.6) is 0 Å². The van der Waals surface area contributed by atoms with E-state index in [-0.39, 0.29) is 5.91 Å². The highest BCUT2D eigenvalue weighted by atomic mass is 16.1. The molecule has 0 spiro atoms. The fraction of sp³-hybridized carbons (Fsp3) is 0.533. The number of carbonyl (C=O) groups excluding carboxylic acids is 1. The van der Waals surface area contributed by atoms with Crippen LogP contribution in [0.1, 0.15) is 31.4 Å². The van der Waals surface area contributed by atoms with Crippen molar-refractivity contribution in [3.8, 4) is 0 Å². The average molecular weight is 248 g/mol. The van der Waals surface area contributed by atoms with Gasteiger partial charge in [0.25, 0.3) is 0 Å². The summed E-state index contributed by atoms with van der Waals surface area (Å²) in [5.41, 5.74) is 2.66. The summed E-state index contributed by atoms with van der Waals surface area (Å²) in [7, 11) is 0. The Bertz CT molecular complexity index is 377. The van der Waals surface area contributed by atoms with Crippen molar-refractivity contribution in [2.75, 3.05) is 13.1 Å². The minimum Gasteiger partial charge on any atom is -0.355 e. The molecule has 0 saturated heterocycles. The van der Waals surface area contributed by atoms with Crippen LogP contribution in [0.2, 0.25) is 0 Å². The van der Waals surface area contributed by atoms with Crippen molar-refractivity contribution >= 4 is 5.91 Å². The molecule has 3 heteroatoms. The second kappa shape index (κ2) is 7.88. The quantitative estimate of drug-likeness (QED) is 0.775. The van der Waals surface area contributed by atoms with Crippen LogP contribution < -0.4 is 10.6 Å². The third-order valence-corrected chi connectivity index (χ3v) is 2.93. The van der Waals surface area contributed by atoms with Crippen LogP contribution in [0.15, 0.2) is 24.3 Å². The molecule has 0 bridgehead atoms. The molecule has 1 amide bonds. The van der Waals surface area contributed by atoms with Gasteiger partial charge >= 0.3 is 0 Å². The predicted molar refractivity (Wildman–Crippen MR) is 75.6 cm³/mol. The zero-order valence-corrected chi connectivity index (χ0v) is 11.6. The minimum absolute atomic E-state index is 0.0694. The van der Waals surface area contributed by atoms with E-state index >= 15 is 0 Å². The van der Waals surface area contributed by atoms with Gasteiger partial charge in [0, 0.05) is 12.6 Å². The topological polar surface area (TPSA) is 41.1 Å². The van der Waals surface area contributed by atoms with E-state index in [1.807, 2.05) is 6.92 Å². The monoisotopic (exact) mass is 248 g/mol. The molecule has 1 aromatic rings. The van der Waals surface area contributed by atoms with E-state index in [0.29, 0.717) is 19.1 Å². The van der Waals surface area contributed by atoms with Gasteiger partial charge in [0.05, 0.1) is 6.54 Å². The Balaban J connectivity index is 2.24. The molecule has 0 aliphatic heterocycles. The summed E-state index contributed by atoms with van der Waals surface area (Å²) in [5, 5.41) is 6.02. The number of aryl methyl sites for hydroxylation is 2. The largest absolute Gasteiger partial charge is 0.355 e. The summed E-state index contributed by atoms with van der Waals surface area (Å²) in [4.78, 5) is 11.3. The van der Waals surface area contributed by atoms with Gasteiger partial charge in [-0.15, -0.1) is 0 Å². The molecule has 1 rings (SSSR count). The molecule has 2 N–H and O–H groups in total. The first-order chi connectivity index (χ1) is 8.61. The fourth-order valence-corrected chi connectivity index (χ4v) is 1.88. The molecule has 0 fully saturated rings. The number of likely N-dealkylation sites (N-methyl/N-ethyl adjacent to an activating group) is 1. The number of hydrogen-bond acceptors (Lipinski definition) is 2. The van der Waals surface area contributed by atoms with Gasteiger partial charge in [-0.3, -0.25) is 4.79 Å². The maximum atomic E-state index is 11.3. The molecule has 1 atom stereocenters. The Morgan fingerprint density at radius 3 is 2.83 bits per heavy atom. The van der Waals surface area contributed by atoms with Crippen molar-refractivity contribution in [3.63, 3.8) is 0 Å². The number of amides is 1. The van der Waals surface area contributed by atoms with Crippen LogP contribution in [0.4, 0.5) is 0 Å². The minimum atomic E-state index is 0.0694. The van der Waals surface area contributed by atoms with Gasteiger partial charge in [0.2, 0.25) is 5.91 Å². The first-order valence-electron chi connectivity index (χ1n) is 6.67. The van der Waals surface area contributed by atoms with E-state index in [1.54, 1.807) is 0 Å². The molecule has 0 heterocycles. The third-order valence-electron chi connectivity index (χ3n) is 2.93. The molecule has 3 nitrogen and oxygen atoms in total. The second-order valence-electron chi connectivity index (χ2n) is 4.76. The highest BCUT2D eigenvalue weighted by molar-refractivity contribution is 5.77. The Hall–Kier alpha value is -1.35. The van der Waals surface area contributed by atoms with E-state index in [4.69, 9.17) is 0 Å². The molecule has 1 unspecified atom stereocenters. The van der Waals surface area contributed by atoms with E-state index in [2.05, 4.69) is 48.7 Å². The Labute approximate surface area is 110 Å². The lowest BCUT2D eigenvalue weighted by molar-refractivity contribution is -0.120. The third kappa shape index (κ3) is 5.82. The predicted octanol–water partition coefficient (Wildman–Crippen LogP) is 2.04. The second-order valence-corrected chi connectivity index (χ2v) is 4.76. The van der Waals surface area contributed by atoms with Gasteiger partial charge in [-0.05, 0) is 39.2 Å². The zero-order chi connectivity index (χ0) is 13.4. The maximum Gasteiger partial charge on any atom is 0.233 e. The lowest BCUT2D eigenvalue weighted by Gasteiger charge is -2.13. The first kappa shape index (κ1) is 14.7. The molecule has 0 saturated carbocycles. The summed E-state index contributed by atoms with van der Waals surface area (Å²) in [5.74, 6) is 0.0694. The SMILES string of the molecule is CCNC(=O)CNC(C)CCc1cccc(C)c1. The van der Waals surface area contributed by atoms with Crippen molar-refractivity contribution in [2.45, 2.75) is 39.7 Å². The average Bonchev–Trinajstić information content (AvgIpc) is 2.34. The van der Waals surface area contributed by atoms with E-state index in [9.17, 15) is 4.79 Å². The molecular formula is C15H24N2O. The summed E-state index contributed by atoms with van der Waals surface area (Å²) >= 11 is 0. The number of carbonyl (C=O) groups is 1. The maximum absolute atomic E-state index is 11.3. The lowest BCUT2D eigenvalue weighted by atomic mass is 10.0. The number of rotatable bonds is 7. The summed E-state index contributed by atoms with van der Waals surface area (Å²) < 4.78 is 0. The van der Waals surface area contributed by atoms with Gasteiger partial charge in [-0.2, -0.15) is 0 Å².